The third kappa shape index (κ3) is 2.37. The first-order valence-electron chi connectivity index (χ1n) is 6.31. The van der Waals surface area contributed by atoms with Crippen molar-refractivity contribution in [2.75, 3.05) is 0 Å². The van der Waals surface area contributed by atoms with E-state index in [0.29, 0.717) is 5.92 Å². The second-order valence-electron chi connectivity index (χ2n) is 4.89. The topological polar surface area (TPSA) is 52.9 Å². The molecule has 16 heavy (non-hydrogen) atoms. The van der Waals surface area contributed by atoms with Crippen LogP contribution in [0.15, 0.2) is 0 Å². The smallest absolute Gasteiger partial charge is 0.240 e. The Labute approximate surface area is 98.2 Å². The number of amides is 1. The first-order chi connectivity index (χ1) is 7.59. The van der Waals surface area contributed by atoms with E-state index < -0.39 is 5.41 Å². The van der Waals surface area contributed by atoms with Gasteiger partial charge in [0.25, 0.3) is 0 Å². The molecule has 0 radical (unpaired) electrons. The highest BCUT2D eigenvalue weighted by Crippen LogP contribution is 2.40. The van der Waals surface area contributed by atoms with Crippen molar-refractivity contribution in [3.05, 3.63) is 0 Å². The van der Waals surface area contributed by atoms with Crippen molar-refractivity contribution in [2.24, 2.45) is 11.3 Å². The summed E-state index contributed by atoms with van der Waals surface area (Å²) in [5.41, 5.74) is -0.708. The summed E-state index contributed by atoms with van der Waals surface area (Å²) >= 11 is 0. The number of rotatable bonds is 5. The molecule has 3 nitrogen and oxygen atoms in total. The van der Waals surface area contributed by atoms with Crippen LogP contribution >= 0.6 is 0 Å². The van der Waals surface area contributed by atoms with Gasteiger partial charge < -0.3 is 5.32 Å². The molecular formula is C13H22N2O. The highest BCUT2D eigenvalue weighted by molar-refractivity contribution is 5.86. The Hall–Kier alpha value is -1.04. The molecule has 1 atom stereocenters. The van der Waals surface area contributed by atoms with Gasteiger partial charge in [-0.2, -0.15) is 5.26 Å². The van der Waals surface area contributed by atoms with E-state index in [9.17, 15) is 4.79 Å². The first kappa shape index (κ1) is 13.0. The van der Waals surface area contributed by atoms with Gasteiger partial charge in [0.15, 0.2) is 0 Å². The van der Waals surface area contributed by atoms with Crippen LogP contribution in [0.2, 0.25) is 0 Å². The van der Waals surface area contributed by atoms with Gasteiger partial charge in [-0.15, -0.1) is 0 Å². The number of nitriles is 1. The Morgan fingerprint density at radius 2 is 2.00 bits per heavy atom. The molecule has 1 amide bonds. The molecule has 0 heterocycles. The molecule has 1 aliphatic rings. The number of hydrogen-bond acceptors (Lipinski definition) is 2. The molecule has 1 aliphatic carbocycles. The Morgan fingerprint density at radius 1 is 1.44 bits per heavy atom. The number of nitrogens with zero attached hydrogens (tertiary/aromatic N) is 1. The predicted octanol–water partition coefficient (Wildman–Crippen LogP) is 2.62. The minimum atomic E-state index is -0.708. The van der Waals surface area contributed by atoms with Crippen molar-refractivity contribution in [2.45, 2.75) is 58.9 Å². The molecule has 1 saturated carbocycles. The average molecular weight is 222 g/mol. The highest BCUT2D eigenvalue weighted by atomic mass is 16.2. The molecule has 0 bridgehead atoms. The molecule has 1 unspecified atom stereocenters. The van der Waals surface area contributed by atoms with Gasteiger partial charge >= 0.3 is 0 Å². The van der Waals surface area contributed by atoms with Crippen LogP contribution in [-0.2, 0) is 4.79 Å². The van der Waals surface area contributed by atoms with Gasteiger partial charge in [-0.1, -0.05) is 26.7 Å². The Bertz CT molecular complexity index is 285. The SMILES string of the molecule is CCC(CC)C(C)NC(=O)C1(C#N)CCC1. The number of carbonyl (C=O) groups excluding carboxylic acids is 1. The summed E-state index contributed by atoms with van der Waals surface area (Å²) in [7, 11) is 0. The quantitative estimate of drug-likeness (QED) is 0.777. The van der Waals surface area contributed by atoms with Crippen molar-refractivity contribution >= 4 is 5.91 Å². The monoisotopic (exact) mass is 222 g/mol. The number of carbonyl (C=O) groups is 1. The maximum atomic E-state index is 12.0. The third-order valence-electron chi connectivity index (χ3n) is 3.97. The first-order valence-corrected chi connectivity index (χ1v) is 6.31. The van der Waals surface area contributed by atoms with Crippen molar-refractivity contribution in [3.63, 3.8) is 0 Å². The van der Waals surface area contributed by atoms with E-state index in [2.05, 4.69) is 25.2 Å². The minimum Gasteiger partial charge on any atom is -0.352 e. The number of hydrogen-bond donors (Lipinski definition) is 1. The van der Waals surface area contributed by atoms with Crippen LogP contribution in [0, 0.1) is 22.7 Å². The molecular weight excluding hydrogens is 200 g/mol. The second kappa shape index (κ2) is 5.34. The van der Waals surface area contributed by atoms with Crippen molar-refractivity contribution in [3.8, 4) is 6.07 Å². The van der Waals surface area contributed by atoms with Gasteiger partial charge in [0, 0.05) is 6.04 Å². The van der Waals surface area contributed by atoms with Gasteiger partial charge in [0.05, 0.1) is 6.07 Å². The van der Waals surface area contributed by atoms with Crippen LogP contribution < -0.4 is 5.32 Å². The summed E-state index contributed by atoms with van der Waals surface area (Å²) in [6, 6.07) is 2.36. The molecule has 0 saturated heterocycles. The van der Waals surface area contributed by atoms with E-state index in [4.69, 9.17) is 5.26 Å². The second-order valence-corrected chi connectivity index (χ2v) is 4.89. The molecule has 0 aliphatic heterocycles. The van der Waals surface area contributed by atoms with Crippen LogP contribution in [-0.4, -0.2) is 11.9 Å². The standard InChI is InChI=1S/C13H22N2O/c1-4-11(5-2)10(3)15-12(16)13(9-14)7-6-8-13/h10-11H,4-8H2,1-3H3,(H,15,16). The van der Waals surface area contributed by atoms with E-state index >= 15 is 0 Å². The third-order valence-corrected chi connectivity index (χ3v) is 3.97. The molecule has 1 rings (SSSR count). The molecule has 0 aromatic heterocycles. The van der Waals surface area contributed by atoms with Gasteiger partial charge in [-0.25, -0.2) is 0 Å². The van der Waals surface area contributed by atoms with Crippen molar-refractivity contribution in [1.29, 1.82) is 5.26 Å². The summed E-state index contributed by atoms with van der Waals surface area (Å²) in [5.74, 6) is 0.459. The minimum absolute atomic E-state index is 0.0550. The van der Waals surface area contributed by atoms with Crippen molar-refractivity contribution < 1.29 is 4.79 Å². The number of nitrogens with one attached hydrogen (secondary N) is 1. The summed E-state index contributed by atoms with van der Waals surface area (Å²) in [5, 5.41) is 12.1. The van der Waals surface area contributed by atoms with Crippen molar-refractivity contribution in [1.82, 2.24) is 5.32 Å². The van der Waals surface area contributed by atoms with E-state index in [0.717, 1.165) is 32.1 Å². The molecule has 0 aromatic carbocycles. The summed E-state index contributed by atoms with van der Waals surface area (Å²) in [4.78, 5) is 12.0. The normalized spacial score (nSPS) is 19.7. The Morgan fingerprint density at radius 3 is 2.31 bits per heavy atom. The Balaban J connectivity index is 2.54. The molecule has 1 N–H and O–H groups in total. The van der Waals surface area contributed by atoms with Gasteiger partial charge in [-0.05, 0) is 32.1 Å². The maximum absolute atomic E-state index is 12.0. The zero-order valence-electron chi connectivity index (χ0n) is 10.5. The lowest BCUT2D eigenvalue weighted by molar-refractivity contribution is -0.132. The van der Waals surface area contributed by atoms with Crippen LogP contribution in [0.5, 0.6) is 0 Å². The fourth-order valence-electron chi connectivity index (χ4n) is 2.38. The van der Waals surface area contributed by atoms with E-state index in [1.165, 1.54) is 0 Å². The summed E-state index contributed by atoms with van der Waals surface area (Å²) < 4.78 is 0. The summed E-state index contributed by atoms with van der Waals surface area (Å²) in [6.07, 6.45) is 4.59. The van der Waals surface area contributed by atoms with Gasteiger partial charge in [-0.3, -0.25) is 4.79 Å². The zero-order valence-corrected chi connectivity index (χ0v) is 10.5. The van der Waals surface area contributed by atoms with E-state index in [1.807, 2.05) is 6.92 Å². The fraction of sp³-hybridized carbons (Fsp3) is 0.846. The fourth-order valence-corrected chi connectivity index (χ4v) is 2.38. The molecule has 0 aromatic rings. The largest absolute Gasteiger partial charge is 0.352 e. The van der Waals surface area contributed by atoms with Crippen LogP contribution in [0.25, 0.3) is 0 Å². The highest BCUT2D eigenvalue weighted by Gasteiger charge is 2.45. The lowest BCUT2D eigenvalue weighted by Gasteiger charge is -2.35. The maximum Gasteiger partial charge on any atom is 0.240 e. The van der Waals surface area contributed by atoms with Gasteiger partial charge in [0.1, 0.15) is 5.41 Å². The average Bonchev–Trinajstić information content (AvgIpc) is 2.18. The van der Waals surface area contributed by atoms with E-state index in [-0.39, 0.29) is 11.9 Å². The molecule has 3 heteroatoms. The predicted molar refractivity (Wildman–Crippen MR) is 63.6 cm³/mol. The Kier molecular flexibility index (Phi) is 4.35. The van der Waals surface area contributed by atoms with Gasteiger partial charge in [0.2, 0.25) is 5.91 Å². The molecule has 1 fully saturated rings. The van der Waals surface area contributed by atoms with Crippen LogP contribution in [0.4, 0.5) is 0 Å². The lowest BCUT2D eigenvalue weighted by Crippen LogP contribution is -2.49. The van der Waals surface area contributed by atoms with E-state index in [1.54, 1.807) is 0 Å². The zero-order chi connectivity index (χ0) is 12.2. The molecule has 90 valence electrons. The lowest BCUT2D eigenvalue weighted by atomic mass is 9.69. The molecule has 0 spiro atoms. The van der Waals surface area contributed by atoms with Crippen LogP contribution in [0.3, 0.4) is 0 Å². The van der Waals surface area contributed by atoms with Crippen LogP contribution in [0.1, 0.15) is 52.9 Å². The summed E-state index contributed by atoms with van der Waals surface area (Å²) in [6.45, 7) is 6.32.